The van der Waals surface area contributed by atoms with E-state index in [4.69, 9.17) is 15.3 Å². The highest BCUT2D eigenvalue weighted by Crippen LogP contribution is 2.18. The zero-order valence-corrected chi connectivity index (χ0v) is 17.5. The Hall–Kier alpha value is -0.0600. The molecule has 0 amide bonds. The van der Waals surface area contributed by atoms with Crippen LogP contribution in [0.5, 0.6) is 0 Å². The van der Waals surface area contributed by atoms with Gasteiger partial charge in [0.1, 0.15) is 0 Å². The van der Waals surface area contributed by atoms with E-state index in [1.807, 2.05) is 6.92 Å². The molecule has 9 heteroatoms. The molecule has 24 heavy (non-hydrogen) atoms. The van der Waals surface area contributed by atoms with Crippen LogP contribution in [0.4, 0.5) is 0 Å². The Bertz CT molecular complexity index is 270. The molecule has 0 aromatic rings. The Kier molecular flexibility index (Phi) is 30.3. The number of hydrogen-bond donors (Lipinski definition) is 6. The maximum absolute atomic E-state index is 9.68. The van der Waals surface area contributed by atoms with Gasteiger partial charge in [0.25, 0.3) is 0 Å². The molecule has 0 saturated carbocycles. The average molecular weight is 405 g/mol. The minimum absolute atomic E-state index is 0.0509. The summed E-state index contributed by atoms with van der Waals surface area (Å²) in [7, 11) is 0. The first-order valence-electron chi connectivity index (χ1n) is 7.54. The van der Waals surface area contributed by atoms with Crippen LogP contribution in [0.3, 0.4) is 0 Å². The minimum Gasteiger partial charge on any atom is -0.396 e. The average Bonchev–Trinajstić information content (AvgIpc) is 2.59. The number of hydrogen-bond acceptors (Lipinski definition) is 6. The highest BCUT2D eigenvalue weighted by molar-refractivity contribution is 7.97. The molecule has 6 nitrogen and oxygen atoms in total. The highest BCUT2D eigenvalue weighted by Gasteiger charge is 2.24. The second-order valence-corrected chi connectivity index (χ2v) is 6.07. The third kappa shape index (κ3) is 29.9. The predicted molar refractivity (Wildman–Crippen MR) is 107 cm³/mol. The van der Waals surface area contributed by atoms with Crippen molar-refractivity contribution < 1.29 is 29.7 Å². The smallest absolute Gasteiger partial charge is 0.185 e. The molecule has 3 N–H and O–H groups in total. The van der Waals surface area contributed by atoms with Gasteiger partial charge >= 0.3 is 0 Å². The molecule has 0 aliphatic carbocycles. The van der Waals surface area contributed by atoms with Gasteiger partial charge in [-0.3, -0.25) is 14.4 Å². The van der Waals surface area contributed by atoms with Crippen molar-refractivity contribution in [2.24, 2.45) is 5.41 Å². The molecule has 0 atom stereocenters. The normalized spacial score (nSPS) is 9.25. The zero-order chi connectivity index (χ0) is 20.2. The lowest BCUT2D eigenvalue weighted by Gasteiger charge is -2.24. The fourth-order valence-corrected chi connectivity index (χ4v) is 0.485. The molecule has 0 aromatic heterocycles. The Balaban J connectivity index is -0.000000116. The van der Waals surface area contributed by atoms with E-state index in [0.29, 0.717) is 25.7 Å². The number of carbonyl (C=O) groups is 3. The van der Waals surface area contributed by atoms with Crippen LogP contribution >= 0.6 is 37.9 Å². The van der Waals surface area contributed by atoms with E-state index in [1.54, 1.807) is 20.8 Å². The van der Waals surface area contributed by atoms with Gasteiger partial charge in [-0.2, -0.15) is 0 Å². The van der Waals surface area contributed by atoms with Crippen LogP contribution in [0.15, 0.2) is 0 Å². The van der Waals surface area contributed by atoms with Crippen molar-refractivity contribution in [3.63, 3.8) is 0 Å². The molecule has 0 fully saturated rings. The van der Waals surface area contributed by atoms with E-state index in [0.717, 1.165) is 0 Å². The molecule has 0 aliphatic rings. The SMILES string of the molecule is CCC(=O)S.CCC(=O)S.CCC(=O)S.CCC(CO)(CO)CO. The van der Waals surface area contributed by atoms with Gasteiger partial charge in [-0.1, -0.05) is 27.7 Å². The van der Waals surface area contributed by atoms with Crippen LogP contribution in [-0.4, -0.2) is 50.5 Å². The van der Waals surface area contributed by atoms with E-state index in [1.165, 1.54) is 0 Å². The number of rotatable bonds is 7. The first kappa shape index (κ1) is 31.7. The van der Waals surface area contributed by atoms with Crippen LogP contribution in [-0.2, 0) is 14.4 Å². The molecule has 0 spiro atoms. The Morgan fingerprint density at radius 2 is 0.833 bits per heavy atom. The lowest BCUT2D eigenvalue weighted by atomic mass is 9.88. The van der Waals surface area contributed by atoms with Crippen LogP contribution < -0.4 is 0 Å². The zero-order valence-electron chi connectivity index (χ0n) is 14.9. The van der Waals surface area contributed by atoms with Crippen LogP contribution in [0.1, 0.15) is 53.4 Å². The Morgan fingerprint density at radius 1 is 0.667 bits per heavy atom. The lowest BCUT2D eigenvalue weighted by molar-refractivity contribution is -0.111. The quantitative estimate of drug-likeness (QED) is 0.362. The van der Waals surface area contributed by atoms with Crippen molar-refractivity contribution in [2.45, 2.75) is 53.4 Å². The lowest BCUT2D eigenvalue weighted by Crippen LogP contribution is -2.32. The molecule has 0 heterocycles. The van der Waals surface area contributed by atoms with Gasteiger partial charge in [0.2, 0.25) is 0 Å². The molecule has 0 saturated heterocycles. The molecular weight excluding hydrogens is 372 g/mol. The maximum Gasteiger partial charge on any atom is 0.185 e. The summed E-state index contributed by atoms with van der Waals surface area (Å²) in [5.41, 5.74) is -0.667. The standard InChI is InChI=1S/C6H14O3.3C3H6OS/c1-2-6(3-7,4-8)5-9;3*1-2-3(4)5/h7-9H,2-5H2,1H3;3*2H2,1H3,(H,4,5). The molecule has 0 aromatic carbocycles. The highest BCUT2D eigenvalue weighted by atomic mass is 32.1. The summed E-state index contributed by atoms with van der Waals surface area (Å²) in [6.07, 6.45) is 2.19. The first-order valence-corrected chi connectivity index (χ1v) is 8.88. The molecule has 146 valence electrons. The largest absolute Gasteiger partial charge is 0.396 e. The van der Waals surface area contributed by atoms with Gasteiger partial charge in [0.15, 0.2) is 15.3 Å². The number of aliphatic hydroxyl groups is 3. The van der Waals surface area contributed by atoms with Crippen molar-refractivity contribution in [2.75, 3.05) is 19.8 Å². The molecule has 0 radical (unpaired) electrons. The van der Waals surface area contributed by atoms with E-state index in [9.17, 15) is 14.4 Å². The Labute approximate surface area is 161 Å². The number of thiol groups is 3. The summed E-state index contributed by atoms with van der Waals surface area (Å²) in [5, 5.41) is 25.8. The van der Waals surface area contributed by atoms with Gasteiger partial charge in [-0.05, 0) is 6.42 Å². The first-order chi connectivity index (χ1) is 11.1. The summed E-state index contributed by atoms with van der Waals surface area (Å²) in [6, 6.07) is 0. The maximum atomic E-state index is 9.68. The molecule has 0 bridgehead atoms. The third-order valence-electron chi connectivity index (χ3n) is 2.66. The molecule has 0 aliphatic heterocycles. The minimum atomic E-state index is -0.667. The topological polar surface area (TPSA) is 112 Å². The summed E-state index contributed by atoms with van der Waals surface area (Å²) in [4.78, 5) is 29.0. The van der Waals surface area contributed by atoms with Crippen LogP contribution in [0, 0.1) is 5.41 Å². The third-order valence-corrected chi connectivity index (χ3v) is 3.61. The van der Waals surface area contributed by atoms with Crippen molar-refractivity contribution in [3.8, 4) is 0 Å². The summed E-state index contributed by atoms with van der Waals surface area (Å²) in [6.45, 7) is 6.67. The van der Waals surface area contributed by atoms with E-state index in [-0.39, 0.29) is 35.2 Å². The number of carbonyl (C=O) groups excluding carboxylic acids is 3. The summed E-state index contributed by atoms with van der Waals surface area (Å²) < 4.78 is 0. The van der Waals surface area contributed by atoms with Gasteiger partial charge in [0, 0.05) is 24.7 Å². The van der Waals surface area contributed by atoms with E-state index >= 15 is 0 Å². The second-order valence-electron chi connectivity index (χ2n) is 4.57. The monoisotopic (exact) mass is 404 g/mol. The fraction of sp³-hybridized carbons (Fsp3) is 0.800. The molecule has 0 rings (SSSR count). The van der Waals surface area contributed by atoms with Gasteiger partial charge in [-0.15, -0.1) is 37.9 Å². The molecular formula is C15H32O6S3. The van der Waals surface area contributed by atoms with E-state index in [2.05, 4.69) is 37.9 Å². The predicted octanol–water partition coefficient (Wildman–Crippen LogP) is 1.92. The van der Waals surface area contributed by atoms with Crippen molar-refractivity contribution in [1.29, 1.82) is 0 Å². The van der Waals surface area contributed by atoms with Gasteiger partial charge in [0.05, 0.1) is 19.8 Å². The number of aliphatic hydroxyl groups excluding tert-OH is 3. The van der Waals surface area contributed by atoms with Crippen molar-refractivity contribution in [1.82, 2.24) is 0 Å². The van der Waals surface area contributed by atoms with Gasteiger partial charge < -0.3 is 15.3 Å². The summed E-state index contributed by atoms with van der Waals surface area (Å²) >= 11 is 10.4. The van der Waals surface area contributed by atoms with E-state index < -0.39 is 5.41 Å². The molecule has 0 unspecified atom stereocenters. The fourth-order valence-electron chi connectivity index (χ4n) is 0.485. The second kappa shape index (κ2) is 22.9. The van der Waals surface area contributed by atoms with Gasteiger partial charge in [-0.25, -0.2) is 0 Å². The Morgan fingerprint density at radius 3 is 0.833 bits per heavy atom. The van der Waals surface area contributed by atoms with Crippen LogP contribution in [0.2, 0.25) is 0 Å². The van der Waals surface area contributed by atoms with Crippen LogP contribution in [0.25, 0.3) is 0 Å². The summed E-state index contributed by atoms with van der Waals surface area (Å²) in [5.74, 6) is 0. The van der Waals surface area contributed by atoms with Crippen molar-refractivity contribution in [3.05, 3.63) is 0 Å². The van der Waals surface area contributed by atoms with Crippen molar-refractivity contribution >= 4 is 53.2 Å².